The van der Waals surface area contributed by atoms with E-state index in [0.717, 1.165) is 5.56 Å². The fraction of sp³-hybridized carbons (Fsp3) is 0.333. The van der Waals surface area contributed by atoms with Gasteiger partial charge in [0.1, 0.15) is 42.4 Å². The van der Waals surface area contributed by atoms with E-state index in [1.807, 2.05) is 30.3 Å². The zero-order valence-electron chi connectivity index (χ0n) is 18.6. The Balaban J connectivity index is 1.75. The van der Waals surface area contributed by atoms with E-state index in [1.165, 1.54) is 25.1 Å². The summed E-state index contributed by atoms with van der Waals surface area (Å²) in [6, 6.07) is 13.4. The van der Waals surface area contributed by atoms with Crippen molar-refractivity contribution in [1.29, 1.82) is 0 Å². The van der Waals surface area contributed by atoms with Crippen LogP contribution in [0.1, 0.15) is 12.5 Å². The molecule has 1 aliphatic heterocycles. The summed E-state index contributed by atoms with van der Waals surface area (Å²) < 4.78 is 27.3. The van der Waals surface area contributed by atoms with Crippen LogP contribution in [0, 0.1) is 0 Å². The van der Waals surface area contributed by atoms with Crippen molar-refractivity contribution in [2.24, 2.45) is 0 Å². The van der Waals surface area contributed by atoms with E-state index in [1.54, 1.807) is 0 Å². The van der Waals surface area contributed by atoms with Crippen LogP contribution in [0.25, 0.3) is 11.0 Å². The Hall–Kier alpha value is -3.48. The van der Waals surface area contributed by atoms with Crippen LogP contribution in [0.2, 0.25) is 0 Å². The van der Waals surface area contributed by atoms with Gasteiger partial charge in [0.2, 0.25) is 6.29 Å². The van der Waals surface area contributed by atoms with Crippen molar-refractivity contribution >= 4 is 16.9 Å². The summed E-state index contributed by atoms with van der Waals surface area (Å²) in [5, 5.41) is 40.1. The summed E-state index contributed by atoms with van der Waals surface area (Å²) in [6.07, 6.45) is -7.94. The van der Waals surface area contributed by atoms with Crippen LogP contribution in [0.15, 0.2) is 57.7 Å². The lowest BCUT2D eigenvalue weighted by atomic mass is 9.99. The number of esters is 1. The number of hydrogen-bond donors (Lipinski definition) is 4. The number of aliphatic hydroxyl groups is 4. The molecule has 0 saturated carbocycles. The molecule has 0 radical (unpaired) electrons. The Morgan fingerprint density at radius 3 is 2.43 bits per heavy atom. The molecule has 35 heavy (non-hydrogen) atoms. The van der Waals surface area contributed by atoms with E-state index in [4.69, 9.17) is 23.4 Å². The molecule has 1 saturated heterocycles. The maximum Gasteiger partial charge on any atom is 0.383 e. The average Bonchev–Trinajstić information content (AvgIpc) is 2.84. The standard InChI is InChI=1S/C24H24O11/c1-12(26)32-14-7-8-15-16(9-14)33-23(30)22(21(15)31-11-13-5-3-2-4-6-13)35-24-20(29)19(28)18(27)17(10-25)34-24/h2-9,17-20,24-25,27-29H,10-11H2,1H3/t17-,18-,19+,20+,24+/m1/s1. The SMILES string of the molecule is CC(=O)Oc1ccc2c(OCc3ccccc3)c(O[C@@H]3O[C@H](CO)[C@@H](O)[C@H](O)[C@@H]3O)c(=O)oc2c1. The van der Waals surface area contributed by atoms with Gasteiger partial charge >= 0.3 is 11.6 Å². The van der Waals surface area contributed by atoms with Crippen LogP contribution in [0.5, 0.6) is 17.2 Å². The molecule has 0 bridgehead atoms. The molecule has 3 aromatic rings. The van der Waals surface area contributed by atoms with Gasteiger partial charge < -0.3 is 43.8 Å². The lowest BCUT2D eigenvalue weighted by Crippen LogP contribution is -2.60. The Bertz CT molecular complexity index is 1240. The van der Waals surface area contributed by atoms with Gasteiger partial charge in [0, 0.05) is 13.0 Å². The monoisotopic (exact) mass is 488 g/mol. The smallest absolute Gasteiger partial charge is 0.383 e. The van der Waals surface area contributed by atoms with E-state index in [-0.39, 0.29) is 29.1 Å². The summed E-state index contributed by atoms with van der Waals surface area (Å²) >= 11 is 0. The molecule has 0 spiro atoms. The van der Waals surface area contributed by atoms with Gasteiger partial charge in [-0.2, -0.15) is 0 Å². The second-order valence-corrected chi connectivity index (χ2v) is 7.89. The molecule has 186 valence electrons. The van der Waals surface area contributed by atoms with Crippen LogP contribution in [0.4, 0.5) is 0 Å². The molecule has 1 aliphatic rings. The first-order chi connectivity index (χ1) is 16.8. The number of ether oxygens (including phenoxy) is 4. The molecular weight excluding hydrogens is 464 g/mol. The fourth-order valence-electron chi connectivity index (χ4n) is 3.62. The van der Waals surface area contributed by atoms with Crippen LogP contribution in [-0.4, -0.2) is 63.7 Å². The van der Waals surface area contributed by atoms with Crippen molar-refractivity contribution in [3.63, 3.8) is 0 Å². The van der Waals surface area contributed by atoms with Crippen LogP contribution >= 0.6 is 0 Å². The third-order valence-corrected chi connectivity index (χ3v) is 5.36. The topological polar surface area (TPSA) is 165 Å². The van der Waals surface area contributed by atoms with Crippen LogP contribution in [0.3, 0.4) is 0 Å². The largest absolute Gasteiger partial charge is 0.484 e. The number of rotatable bonds is 7. The Kier molecular flexibility index (Phi) is 7.34. The number of carbonyl (C=O) groups is 1. The molecule has 11 nitrogen and oxygen atoms in total. The quantitative estimate of drug-likeness (QED) is 0.208. The predicted molar refractivity (Wildman–Crippen MR) is 119 cm³/mol. The highest BCUT2D eigenvalue weighted by atomic mass is 16.7. The highest BCUT2D eigenvalue weighted by molar-refractivity contribution is 5.87. The summed E-state index contributed by atoms with van der Waals surface area (Å²) in [7, 11) is 0. The highest BCUT2D eigenvalue weighted by Crippen LogP contribution is 2.37. The molecule has 4 rings (SSSR count). The number of benzene rings is 2. The van der Waals surface area contributed by atoms with E-state index < -0.39 is 54.7 Å². The van der Waals surface area contributed by atoms with Crippen molar-refractivity contribution in [2.45, 2.75) is 44.2 Å². The Labute approximate surface area is 198 Å². The van der Waals surface area contributed by atoms with Gasteiger partial charge in [0.15, 0.2) is 5.75 Å². The van der Waals surface area contributed by atoms with Crippen molar-refractivity contribution in [3.8, 4) is 17.2 Å². The number of hydrogen-bond acceptors (Lipinski definition) is 11. The van der Waals surface area contributed by atoms with Crippen LogP contribution < -0.4 is 19.8 Å². The molecule has 2 heterocycles. The molecule has 5 atom stereocenters. The molecule has 11 heteroatoms. The van der Waals surface area contributed by atoms with E-state index in [2.05, 4.69) is 0 Å². The first-order valence-corrected chi connectivity index (χ1v) is 10.7. The third kappa shape index (κ3) is 5.29. The fourth-order valence-corrected chi connectivity index (χ4v) is 3.62. The second-order valence-electron chi connectivity index (χ2n) is 7.89. The van der Waals surface area contributed by atoms with Gasteiger partial charge in [0.05, 0.1) is 12.0 Å². The predicted octanol–water partition coefficient (Wildman–Crippen LogP) is 0.476. The van der Waals surface area contributed by atoms with Crippen molar-refractivity contribution in [2.75, 3.05) is 6.61 Å². The van der Waals surface area contributed by atoms with Crippen molar-refractivity contribution in [1.82, 2.24) is 0 Å². The first kappa shape index (κ1) is 24.6. The first-order valence-electron chi connectivity index (χ1n) is 10.7. The van der Waals surface area contributed by atoms with Gasteiger partial charge in [0.25, 0.3) is 5.75 Å². The summed E-state index contributed by atoms with van der Waals surface area (Å²) in [6.45, 7) is 0.593. The Morgan fingerprint density at radius 2 is 1.74 bits per heavy atom. The average molecular weight is 488 g/mol. The molecule has 0 aliphatic carbocycles. The summed E-state index contributed by atoms with van der Waals surface area (Å²) in [5.74, 6) is -0.927. The molecule has 2 aromatic carbocycles. The Morgan fingerprint density at radius 1 is 1.00 bits per heavy atom. The van der Waals surface area contributed by atoms with E-state index in [9.17, 15) is 30.0 Å². The van der Waals surface area contributed by atoms with E-state index in [0.29, 0.717) is 0 Å². The number of fused-ring (bicyclic) bond motifs is 1. The molecule has 0 amide bonds. The minimum absolute atomic E-state index is 0.0378. The van der Waals surface area contributed by atoms with E-state index >= 15 is 0 Å². The number of aliphatic hydroxyl groups excluding tert-OH is 4. The summed E-state index contributed by atoms with van der Waals surface area (Å²) in [5.41, 5.74) is -0.181. The number of carbonyl (C=O) groups excluding carboxylic acids is 1. The van der Waals surface area contributed by atoms with Gasteiger partial charge in [-0.05, 0) is 17.7 Å². The third-order valence-electron chi connectivity index (χ3n) is 5.36. The van der Waals surface area contributed by atoms with Gasteiger partial charge in [-0.15, -0.1) is 0 Å². The van der Waals surface area contributed by atoms with Crippen molar-refractivity contribution < 1.29 is 48.6 Å². The normalized spacial score (nSPS) is 24.2. The molecule has 0 unspecified atom stereocenters. The highest BCUT2D eigenvalue weighted by Gasteiger charge is 2.45. The zero-order valence-corrected chi connectivity index (χ0v) is 18.6. The maximum absolute atomic E-state index is 12.9. The molecule has 1 aromatic heterocycles. The lowest BCUT2D eigenvalue weighted by molar-refractivity contribution is -0.278. The minimum atomic E-state index is -1.75. The zero-order chi connectivity index (χ0) is 25.1. The van der Waals surface area contributed by atoms with Gasteiger partial charge in [-0.3, -0.25) is 4.79 Å². The summed E-state index contributed by atoms with van der Waals surface area (Å²) in [4.78, 5) is 24.2. The van der Waals surface area contributed by atoms with Gasteiger partial charge in [-0.25, -0.2) is 4.79 Å². The molecule has 1 fully saturated rings. The lowest BCUT2D eigenvalue weighted by Gasteiger charge is -2.39. The minimum Gasteiger partial charge on any atom is -0.484 e. The molecular formula is C24H24O11. The van der Waals surface area contributed by atoms with Crippen molar-refractivity contribution in [3.05, 3.63) is 64.5 Å². The second kappa shape index (κ2) is 10.4. The molecule has 4 N–H and O–H groups in total. The maximum atomic E-state index is 12.9. The van der Waals surface area contributed by atoms with Crippen LogP contribution in [-0.2, 0) is 16.1 Å². The van der Waals surface area contributed by atoms with Gasteiger partial charge in [-0.1, -0.05) is 30.3 Å².